The predicted molar refractivity (Wildman–Crippen MR) is 88.3 cm³/mol. The molecule has 2 aromatic heterocycles. The molecule has 0 atom stereocenters. The summed E-state index contributed by atoms with van der Waals surface area (Å²) in [6, 6.07) is 5.23. The van der Waals surface area contributed by atoms with Gasteiger partial charge in [0.1, 0.15) is 0 Å². The van der Waals surface area contributed by atoms with Crippen LogP contribution in [-0.4, -0.2) is 22.1 Å². The molecule has 0 aliphatic carbocycles. The number of carbonyl (C=O) groups excluding carboxylic acids is 1. The lowest BCUT2D eigenvalue weighted by Crippen LogP contribution is -2.07. The third-order valence-corrected chi connectivity index (χ3v) is 4.32. The summed E-state index contributed by atoms with van der Waals surface area (Å²) in [6.07, 6.45) is 4.91. The maximum atomic E-state index is 12.1. The number of hydrogen-bond acceptors (Lipinski definition) is 5. The second-order valence-electron chi connectivity index (χ2n) is 4.73. The molecule has 0 bridgehead atoms. The van der Waals surface area contributed by atoms with Crippen LogP contribution >= 0.6 is 22.9 Å². The number of halogens is 1. The SMILES string of the molecule is O=C(/C=C/c1c(Cl)nc2sccn12)Nc1ccc2c(c1)OCO2. The Morgan fingerprint density at radius 3 is 3.17 bits per heavy atom. The molecule has 0 unspecified atom stereocenters. The molecule has 3 heterocycles. The monoisotopic (exact) mass is 347 g/mol. The number of thiazole rings is 1. The van der Waals surface area contributed by atoms with Gasteiger partial charge in [0.15, 0.2) is 21.6 Å². The van der Waals surface area contributed by atoms with Crippen LogP contribution < -0.4 is 14.8 Å². The van der Waals surface area contributed by atoms with Gasteiger partial charge in [-0.25, -0.2) is 4.98 Å². The van der Waals surface area contributed by atoms with Gasteiger partial charge in [-0.3, -0.25) is 9.20 Å². The van der Waals surface area contributed by atoms with Crippen LogP contribution in [0.2, 0.25) is 5.15 Å². The number of ether oxygens (including phenoxy) is 2. The highest BCUT2D eigenvalue weighted by molar-refractivity contribution is 7.15. The van der Waals surface area contributed by atoms with E-state index in [0.29, 0.717) is 28.0 Å². The molecule has 0 saturated heterocycles. The molecule has 3 aromatic rings. The lowest BCUT2D eigenvalue weighted by atomic mass is 10.2. The fraction of sp³-hybridized carbons (Fsp3) is 0.0667. The molecule has 8 heteroatoms. The van der Waals surface area contributed by atoms with Crippen molar-refractivity contribution in [3.8, 4) is 11.5 Å². The number of benzene rings is 1. The Kier molecular flexibility index (Phi) is 3.44. The highest BCUT2D eigenvalue weighted by Crippen LogP contribution is 2.34. The van der Waals surface area contributed by atoms with Crippen molar-refractivity contribution in [1.29, 1.82) is 0 Å². The van der Waals surface area contributed by atoms with E-state index < -0.39 is 0 Å². The zero-order valence-corrected chi connectivity index (χ0v) is 13.2. The molecule has 6 nitrogen and oxygen atoms in total. The zero-order valence-electron chi connectivity index (χ0n) is 11.7. The van der Waals surface area contributed by atoms with Gasteiger partial charge in [-0.1, -0.05) is 11.6 Å². The van der Waals surface area contributed by atoms with Crippen LogP contribution in [-0.2, 0) is 4.79 Å². The molecular weight excluding hydrogens is 338 g/mol. The van der Waals surface area contributed by atoms with Crippen LogP contribution in [0.3, 0.4) is 0 Å². The number of imidazole rings is 1. The van der Waals surface area contributed by atoms with Gasteiger partial charge in [-0.2, -0.15) is 0 Å². The molecule has 0 fully saturated rings. The van der Waals surface area contributed by atoms with Gasteiger partial charge in [0.2, 0.25) is 12.7 Å². The minimum atomic E-state index is -0.273. The fourth-order valence-electron chi connectivity index (χ4n) is 2.24. The van der Waals surface area contributed by atoms with E-state index >= 15 is 0 Å². The first-order valence-corrected chi connectivity index (χ1v) is 7.96. The van der Waals surface area contributed by atoms with Crippen LogP contribution in [0.25, 0.3) is 11.0 Å². The number of nitrogens with zero attached hydrogens (tertiary/aromatic N) is 2. The van der Waals surface area contributed by atoms with Crippen molar-refractivity contribution in [1.82, 2.24) is 9.38 Å². The summed E-state index contributed by atoms with van der Waals surface area (Å²) in [6.45, 7) is 0.197. The molecule has 1 aromatic carbocycles. The first-order valence-electron chi connectivity index (χ1n) is 6.70. The second kappa shape index (κ2) is 5.60. The summed E-state index contributed by atoms with van der Waals surface area (Å²) < 4.78 is 12.3. The summed E-state index contributed by atoms with van der Waals surface area (Å²) in [7, 11) is 0. The van der Waals surface area contributed by atoms with Crippen molar-refractivity contribution >= 4 is 45.6 Å². The van der Waals surface area contributed by atoms with Gasteiger partial charge in [0.25, 0.3) is 0 Å². The highest BCUT2D eigenvalue weighted by atomic mass is 35.5. The highest BCUT2D eigenvalue weighted by Gasteiger charge is 2.14. The number of aromatic nitrogens is 2. The molecule has 116 valence electrons. The molecule has 1 N–H and O–H groups in total. The largest absolute Gasteiger partial charge is 0.454 e. The van der Waals surface area contributed by atoms with Gasteiger partial charge < -0.3 is 14.8 Å². The average molecular weight is 348 g/mol. The smallest absolute Gasteiger partial charge is 0.248 e. The molecule has 1 aliphatic rings. The van der Waals surface area contributed by atoms with E-state index in [-0.39, 0.29) is 12.7 Å². The van der Waals surface area contributed by atoms with Crippen molar-refractivity contribution in [3.63, 3.8) is 0 Å². The van der Waals surface area contributed by atoms with Crippen molar-refractivity contribution < 1.29 is 14.3 Å². The third-order valence-electron chi connectivity index (χ3n) is 3.29. The maximum absolute atomic E-state index is 12.1. The van der Waals surface area contributed by atoms with Gasteiger partial charge in [-0.15, -0.1) is 11.3 Å². The Bertz CT molecular complexity index is 931. The summed E-state index contributed by atoms with van der Waals surface area (Å²) in [5, 5.41) is 5.03. The first kappa shape index (κ1) is 14.1. The number of carbonyl (C=O) groups is 1. The molecule has 0 saturated carbocycles. The van der Waals surface area contributed by atoms with Crippen molar-refractivity contribution in [2.75, 3.05) is 12.1 Å². The number of nitrogens with one attached hydrogen (secondary N) is 1. The van der Waals surface area contributed by atoms with E-state index in [0.717, 1.165) is 4.96 Å². The second-order valence-corrected chi connectivity index (χ2v) is 5.97. The summed E-state index contributed by atoms with van der Waals surface area (Å²) in [5.74, 6) is 1.01. The Morgan fingerprint density at radius 1 is 1.39 bits per heavy atom. The van der Waals surface area contributed by atoms with Crippen LogP contribution in [0.4, 0.5) is 5.69 Å². The van der Waals surface area contributed by atoms with Crippen LogP contribution in [0.15, 0.2) is 35.9 Å². The van der Waals surface area contributed by atoms with Crippen molar-refractivity contribution in [3.05, 3.63) is 46.7 Å². The number of hydrogen-bond donors (Lipinski definition) is 1. The van der Waals surface area contributed by atoms with E-state index in [1.54, 1.807) is 24.3 Å². The standard InChI is InChI=1S/C15H10ClN3O3S/c16-14-10(19-5-6-23-15(19)18-14)2-4-13(20)17-9-1-3-11-12(7-9)22-8-21-11/h1-7H,8H2,(H,17,20)/b4-2+. The van der Waals surface area contributed by atoms with E-state index in [9.17, 15) is 4.79 Å². The lowest BCUT2D eigenvalue weighted by molar-refractivity contribution is -0.111. The van der Waals surface area contributed by atoms with Crippen molar-refractivity contribution in [2.24, 2.45) is 0 Å². The third kappa shape index (κ3) is 2.64. The van der Waals surface area contributed by atoms with Gasteiger partial charge in [-0.05, 0) is 18.2 Å². The predicted octanol–water partition coefficient (Wildman–Crippen LogP) is 3.43. The molecule has 4 rings (SSSR count). The van der Waals surface area contributed by atoms with E-state index in [2.05, 4.69) is 10.3 Å². The topological polar surface area (TPSA) is 64.9 Å². The molecule has 0 radical (unpaired) electrons. The Balaban J connectivity index is 1.51. The van der Waals surface area contributed by atoms with Crippen LogP contribution in [0.1, 0.15) is 5.69 Å². The van der Waals surface area contributed by atoms with Crippen LogP contribution in [0.5, 0.6) is 11.5 Å². The minimum Gasteiger partial charge on any atom is -0.454 e. The number of anilines is 1. The normalized spacial score (nSPS) is 13.1. The minimum absolute atomic E-state index is 0.197. The van der Waals surface area contributed by atoms with Gasteiger partial charge in [0, 0.05) is 29.4 Å². The molecule has 1 amide bonds. The van der Waals surface area contributed by atoms with E-state index in [4.69, 9.17) is 21.1 Å². The molecule has 23 heavy (non-hydrogen) atoms. The quantitative estimate of drug-likeness (QED) is 0.737. The number of amides is 1. The first-order chi connectivity index (χ1) is 11.2. The maximum Gasteiger partial charge on any atom is 0.248 e. The Morgan fingerprint density at radius 2 is 2.26 bits per heavy atom. The lowest BCUT2D eigenvalue weighted by Gasteiger charge is -2.03. The fourth-order valence-corrected chi connectivity index (χ4v) is 3.24. The summed E-state index contributed by atoms with van der Waals surface area (Å²) >= 11 is 7.56. The van der Waals surface area contributed by atoms with E-state index in [1.165, 1.54) is 17.4 Å². The Labute approximate surface area is 139 Å². The van der Waals surface area contributed by atoms with Gasteiger partial charge in [0.05, 0.1) is 5.69 Å². The number of fused-ring (bicyclic) bond motifs is 2. The van der Waals surface area contributed by atoms with E-state index in [1.807, 2.05) is 16.0 Å². The number of rotatable bonds is 3. The summed E-state index contributed by atoms with van der Waals surface area (Å²) in [5.41, 5.74) is 1.30. The average Bonchev–Trinajstić information content (AvgIpc) is 3.21. The molecule has 0 spiro atoms. The summed E-state index contributed by atoms with van der Waals surface area (Å²) in [4.78, 5) is 17.0. The Hall–Kier alpha value is -2.51. The van der Waals surface area contributed by atoms with Crippen molar-refractivity contribution in [2.45, 2.75) is 0 Å². The zero-order chi connectivity index (χ0) is 15.8. The van der Waals surface area contributed by atoms with Crippen LogP contribution in [0, 0.1) is 0 Å². The van der Waals surface area contributed by atoms with Gasteiger partial charge >= 0.3 is 0 Å². The molecular formula is C15H10ClN3O3S. The molecule has 1 aliphatic heterocycles.